The monoisotopic (exact) mass is 370 g/mol. The second kappa shape index (κ2) is 7.33. The Morgan fingerprint density at radius 3 is 2.90 bits per heavy atom. The highest BCUT2D eigenvalue weighted by atomic mass is 79.9. The van der Waals surface area contributed by atoms with E-state index in [1.165, 1.54) is 11.3 Å². The molecule has 0 saturated carbocycles. The fraction of sp³-hybridized carbons (Fsp3) is 0.467. The van der Waals surface area contributed by atoms with Crippen molar-refractivity contribution in [1.82, 2.24) is 4.57 Å². The van der Waals surface area contributed by atoms with Gasteiger partial charge in [-0.3, -0.25) is 4.79 Å². The molecule has 0 saturated heterocycles. The van der Waals surface area contributed by atoms with Crippen molar-refractivity contribution in [3.8, 4) is 0 Å². The van der Waals surface area contributed by atoms with Crippen molar-refractivity contribution >= 4 is 43.4 Å². The summed E-state index contributed by atoms with van der Waals surface area (Å²) in [5.41, 5.74) is 1.08. The number of hydrogen-bond donors (Lipinski definition) is 0. The molecule has 0 unspecified atom stereocenters. The molecule has 0 fully saturated rings. The van der Waals surface area contributed by atoms with Crippen LogP contribution in [0.3, 0.4) is 0 Å². The number of methoxy groups -OCH3 is 1. The average molecular weight is 371 g/mol. The van der Waals surface area contributed by atoms with Gasteiger partial charge in [-0.2, -0.15) is 4.99 Å². The summed E-state index contributed by atoms with van der Waals surface area (Å²) in [6, 6.07) is 6.09. The topological polar surface area (TPSA) is 43.6 Å². The van der Waals surface area contributed by atoms with Gasteiger partial charge < -0.3 is 9.30 Å². The minimum Gasteiger partial charge on any atom is -0.383 e. The van der Waals surface area contributed by atoms with Crippen LogP contribution in [0.5, 0.6) is 0 Å². The summed E-state index contributed by atoms with van der Waals surface area (Å²) >= 11 is 5.01. The van der Waals surface area contributed by atoms with Crippen LogP contribution in [-0.2, 0) is 16.1 Å². The van der Waals surface area contributed by atoms with Gasteiger partial charge in [0.05, 0.1) is 16.8 Å². The minimum absolute atomic E-state index is 0.0678. The van der Waals surface area contributed by atoms with Crippen molar-refractivity contribution in [2.45, 2.75) is 26.8 Å². The van der Waals surface area contributed by atoms with E-state index < -0.39 is 0 Å². The van der Waals surface area contributed by atoms with Crippen molar-refractivity contribution in [2.24, 2.45) is 10.9 Å². The summed E-state index contributed by atoms with van der Waals surface area (Å²) < 4.78 is 9.34. The number of carbonyl (C=O) groups is 1. The standard InChI is InChI=1S/C15H19BrN2O2S/c1-10(2)8-14(19)17-15-18(6-7-20-3)12-5-4-11(16)9-13(12)21-15/h4-5,9-10H,6-8H2,1-3H3. The lowest BCUT2D eigenvalue weighted by atomic mass is 10.1. The first-order valence-corrected chi connectivity index (χ1v) is 8.47. The molecule has 0 aliphatic heterocycles. The Kier molecular flexibility index (Phi) is 5.72. The molecule has 2 rings (SSSR count). The number of amides is 1. The van der Waals surface area contributed by atoms with E-state index in [0.717, 1.165) is 19.5 Å². The minimum atomic E-state index is -0.0678. The molecule has 2 aromatic rings. The van der Waals surface area contributed by atoms with Crippen molar-refractivity contribution in [2.75, 3.05) is 13.7 Å². The van der Waals surface area contributed by atoms with Crippen molar-refractivity contribution in [1.29, 1.82) is 0 Å². The van der Waals surface area contributed by atoms with Crippen LogP contribution in [-0.4, -0.2) is 24.2 Å². The molecule has 0 spiro atoms. The van der Waals surface area contributed by atoms with Crippen LogP contribution >= 0.6 is 27.3 Å². The van der Waals surface area contributed by atoms with E-state index in [4.69, 9.17) is 4.74 Å². The molecule has 1 aromatic heterocycles. The Balaban J connectivity index is 2.50. The molecule has 1 heterocycles. The van der Waals surface area contributed by atoms with E-state index in [1.54, 1.807) is 7.11 Å². The predicted octanol–water partition coefficient (Wildman–Crippen LogP) is 3.59. The number of benzene rings is 1. The molecule has 0 aliphatic rings. The summed E-state index contributed by atoms with van der Waals surface area (Å²) in [4.78, 5) is 17.0. The van der Waals surface area contributed by atoms with Crippen LogP contribution in [0.15, 0.2) is 27.7 Å². The third-order valence-electron chi connectivity index (χ3n) is 2.97. The first-order chi connectivity index (χ1) is 10.0. The second-order valence-corrected chi connectivity index (χ2v) is 7.17. The van der Waals surface area contributed by atoms with Gasteiger partial charge >= 0.3 is 0 Å². The third-order valence-corrected chi connectivity index (χ3v) is 4.50. The average Bonchev–Trinajstić information content (AvgIpc) is 2.71. The number of aromatic nitrogens is 1. The summed E-state index contributed by atoms with van der Waals surface area (Å²) in [5, 5.41) is 0. The Morgan fingerprint density at radius 1 is 1.48 bits per heavy atom. The Morgan fingerprint density at radius 2 is 2.24 bits per heavy atom. The molecule has 0 bridgehead atoms. The fourth-order valence-corrected chi connectivity index (χ4v) is 3.66. The molecule has 0 radical (unpaired) electrons. The highest BCUT2D eigenvalue weighted by molar-refractivity contribution is 9.10. The number of rotatable bonds is 5. The second-order valence-electron chi connectivity index (χ2n) is 5.24. The van der Waals surface area contributed by atoms with Gasteiger partial charge in [-0.05, 0) is 24.1 Å². The highest BCUT2D eigenvalue weighted by Gasteiger charge is 2.09. The molecule has 0 atom stereocenters. The zero-order valence-electron chi connectivity index (χ0n) is 12.4. The van der Waals surface area contributed by atoms with Crippen molar-refractivity contribution in [3.63, 3.8) is 0 Å². The van der Waals surface area contributed by atoms with Crippen LogP contribution < -0.4 is 4.80 Å². The summed E-state index contributed by atoms with van der Waals surface area (Å²) in [6.07, 6.45) is 0.474. The van der Waals surface area contributed by atoms with Gasteiger partial charge in [0.15, 0.2) is 4.80 Å². The quantitative estimate of drug-likeness (QED) is 0.806. The van der Waals surface area contributed by atoms with Crippen LogP contribution in [0.25, 0.3) is 10.2 Å². The van der Waals surface area contributed by atoms with Crippen LogP contribution in [0, 0.1) is 5.92 Å². The molecule has 1 aromatic carbocycles. The lowest BCUT2D eigenvalue weighted by Crippen LogP contribution is -2.19. The molecular formula is C15H19BrN2O2S. The Hall–Kier alpha value is -0.980. The fourth-order valence-electron chi connectivity index (χ4n) is 2.03. The zero-order chi connectivity index (χ0) is 15.4. The van der Waals surface area contributed by atoms with E-state index in [2.05, 4.69) is 27.0 Å². The van der Waals surface area contributed by atoms with Gasteiger partial charge in [-0.15, -0.1) is 0 Å². The largest absolute Gasteiger partial charge is 0.383 e. The van der Waals surface area contributed by atoms with Gasteiger partial charge in [-0.1, -0.05) is 41.1 Å². The first kappa shape index (κ1) is 16.4. The van der Waals surface area contributed by atoms with Gasteiger partial charge in [0.25, 0.3) is 0 Å². The number of nitrogens with zero attached hydrogens (tertiary/aromatic N) is 2. The molecule has 21 heavy (non-hydrogen) atoms. The number of fused-ring (bicyclic) bond motifs is 1. The highest BCUT2D eigenvalue weighted by Crippen LogP contribution is 2.22. The summed E-state index contributed by atoms with van der Waals surface area (Å²) in [5.74, 6) is 0.249. The maximum absolute atomic E-state index is 12.0. The zero-order valence-corrected chi connectivity index (χ0v) is 14.8. The summed E-state index contributed by atoms with van der Waals surface area (Å²) in [6.45, 7) is 5.32. The van der Waals surface area contributed by atoms with Crippen LogP contribution in [0.1, 0.15) is 20.3 Å². The van der Waals surface area contributed by atoms with Gasteiger partial charge in [0, 0.05) is 24.5 Å². The van der Waals surface area contributed by atoms with E-state index in [0.29, 0.717) is 25.5 Å². The number of thiazole rings is 1. The SMILES string of the molecule is COCCn1c(=NC(=O)CC(C)C)sc2cc(Br)ccc21. The Bertz CT molecular complexity index is 703. The number of carbonyl (C=O) groups excluding carboxylic acids is 1. The third kappa shape index (κ3) is 4.25. The number of hydrogen-bond acceptors (Lipinski definition) is 3. The Labute approximate surface area is 136 Å². The van der Waals surface area contributed by atoms with E-state index in [-0.39, 0.29) is 5.91 Å². The molecule has 0 N–H and O–H groups in total. The molecule has 6 heteroatoms. The van der Waals surface area contributed by atoms with Gasteiger partial charge in [-0.25, -0.2) is 0 Å². The van der Waals surface area contributed by atoms with Crippen molar-refractivity contribution in [3.05, 3.63) is 27.5 Å². The molecule has 1 amide bonds. The van der Waals surface area contributed by atoms with E-state index in [9.17, 15) is 4.79 Å². The van der Waals surface area contributed by atoms with Crippen LogP contribution in [0.4, 0.5) is 0 Å². The van der Waals surface area contributed by atoms with E-state index in [1.807, 2.05) is 30.5 Å². The molecular weight excluding hydrogens is 352 g/mol. The molecule has 0 aliphatic carbocycles. The predicted molar refractivity (Wildman–Crippen MR) is 89.4 cm³/mol. The van der Waals surface area contributed by atoms with E-state index >= 15 is 0 Å². The maximum Gasteiger partial charge on any atom is 0.248 e. The lowest BCUT2D eigenvalue weighted by molar-refractivity contribution is -0.118. The summed E-state index contributed by atoms with van der Waals surface area (Å²) in [7, 11) is 1.67. The number of halogens is 1. The smallest absolute Gasteiger partial charge is 0.248 e. The van der Waals surface area contributed by atoms with Gasteiger partial charge in [0.2, 0.25) is 5.91 Å². The van der Waals surface area contributed by atoms with Gasteiger partial charge in [0.1, 0.15) is 0 Å². The first-order valence-electron chi connectivity index (χ1n) is 6.86. The maximum atomic E-state index is 12.0. The lowest BCUT2D eigenvalue weighted by Gasteiger charge is -2.04. The normalized spacial score (nSPS) is 12.5. The number of ether oxygens (including phenoxy) is 1. The van der Waals surface area contributed by atoms with Crippen molar-refractivity contribution < 1.29 is 9.53 Å². The van der Waals surface area contributed by atoms with Crippen LogP contribution in [0.2, 0.25) is 0 Å². The molecule has 114 valence electrons. The molecule has 4 nitrogen and oxygen atoms in total.